The molecular weight excluding hydrogens is 410 g/mol. The van der Waals surface area contributed by atoms with Gasteiger partial charge in [0.05, 0.1) is 6.33 Å². The molecule has 0 spiro atoms. The maximum atomic E-state index is 5.02. The Bertz CT molecular complexity index is 450. The monoisotopic (exact) mass is 416 g/mol. The largest absolute Gasteiger partial charge is 0.337 e. The molecule has 0 fully saturated rings. The molecule has 0 N–H and O–H groups in total. The fourth-order valence-corrected chi connectivity index (χ4v) is 1.87. The summed E-state index contributed by atoms with van der Waals surface area (Å²) in [6.07, 6.45) is 1.77. The molecule has 0 aliphatic rings. The van der Waals surface area contributed by atoms with Crippen LogP contribution in [0.5, 0.6) is 0 Å². The van der Waals surface area contributed by atoms with Crippen LogP contribution < -0.4 is 0 Å². The molecule has 0 amide bonds. The van der Waals surface area contributed by atoms with Crippen molar-refractivity contribution in [2.75, 3.05) is 0 Å². The minimum absolute atomic E-state index is 0.578. The van der Waals surface area contributed by atoms with Crippen molar-refractivity contribution in [2.45, 2.75) is 13.5 Å². The molecule has 2 rings (SSSR count). The van der Waals surface area contributed by atoms with E-state index in [0.717, 1.165) is 7.40 Å². The predicted molar refractivity (Wildman–Crippen MR) is 65.8 cm³/mol. The van der Waals surface area contributed by atoms with Crippen LogP contribution in [0.2, 0.25) is 0 Å². The van der Waals surface area contributed by atoms with Crippen molar-refractivity contribution >= 4 is 45.2 Å². The molecule has 0 radical (unpaired) electrons. The normalized spacial score (nSPS) is 10.8. The molecule has 0 bridgehead atoms. The number of rotatable bonds is 2. The van der Waals surface area contributed by atoms with Gasteiger partial charge in [-0.15, -0.1) is 0 Å². The van der Waals surface area contributed by atoms with E-state index in [1.807, 2.05) is 4.57 Å². The standard InChI is InChI=1S/C7H6I2N4O/c1-4-11-5(14-12-4)2-13-3-10-6(8)7(13)9/h3H,2H2,1H3. The van der Waals surface area contributed by atoms with Gasteiger partial charge >= 0.3 is 0 Å². The second-order valence-electron chi connectivity index (χ2n) is 2.69. The van der Waals surface area contributed by atoms with E-state index < -0.39 is 0 Å². The molecule has 0 unspecified atom stereocenters. The third kappa shape index (κ3) is 2.07. The Hall–Kier alpha value is -0.190. The van der Waals surface area contributed by atoms with E-state index in [-0.39, 0.29) is 0 Å². The Morgan fingerprint density at radius 2 is 2.29 bits per heavy atom. The highest BCUT2D eigenvalue weighted by Gasteiger charge is 2.08. The van der Waals surface area contributed by atoms with Crippen molar-refractivity contribution in [3.05, 3.63) is 25.4 Å². The fraction of sp³-hybridized carbons (Fsp3) is 0.286. The SMILES string of the molecule is Cc1noc(Cn2cnc(I)c2I)n1. The van der Waals surface area contributed by atoms with E-state index in [1.165, 1.54) is 0 Å². The fourth-order valence-electron chi connectivity index (χ4n) is 1.00. The summed E-state index contributed by atoms with van der Waals surface area (Å²) in [5.74, 6) is 1.26. The van der Waals surface area contributed by atoms with Gasteiger partial charge in [-0.2, -0.15) is 4.98 Å². The lowest BCUT2D eigenvalue weighted by Gasteiger charge is -1.97. The van der Waals surface area contributed by atoms with Gasteiger partial charge in [0.2, 0.25) is 5.89 Å². The Labute approximate surface area is 108 Å². The van der Waals surface area contributed by atoms with Gasteiger partial charge in [-0.05, 0) is 52.1 Å². The van der Waals surface area contributed by atoms with Crippen LogP contribution in [0.3, 0.4) is 0 Å². The van der Waals surface area contributed by atoms with E-state index in [4.69, 9.17) is 4.52 Å². The Morgan fingerprint density at radius 3 is 2.79 bits per heavy atom. The summed E-state index contributed by atoms with van der Waals surface area (Å²) in [6.45, 7) is 2.38. The molecule has 74 valence electrons. The van der Waals surface area contributed by atoms with Crippen LogP contribution in [0, 0.1) is 14.3 Å². The van der Waals surface area contributed by atoms with Crippen molar-refractivity contribution < 1.29 is 4.52 Å². The molecule has 5 nitrogen and oxygen atoms in total. The van der Waals surface area contributed by atoms with Crippen molar-refractivity contribution in [2.24, 2.45) is 0 Å². The molecule has 0 aliphatic carbocycles. The van der Waals surface area contributed by atoms with Gasteiger partial charge in [0.15, 0.2) is 5.82 Å². The number of hydrogen-bond donors (Lipinski definition) is 0. The first-order chi connectivity index (χ1) is 6.66. The smallest absolute Gasteiger partial charge is 0.246 e. The molecule has 0 aliphatic heterocycles. The first-order valence-electron chi connectivity index (χ1n) is 3.82. The van der Waals surface area contributed by atoms with Crippen molar-refractivity contribution in [3.8, 4) is 0 Å². The number of aromatic nitrogens is 4. The van der Waals surface area contributed by atoms with Gasteiger partial charge in [0, 0.05) is 0 Å². The van der Waals surface area contributed by atoms with Crippen LogP contribution in [0.4, 0.5) is 0 Å². The molecule has 14 heavy (non-hydrogen) atoms. The molecule has 2 heterocycles. The molecular formula is C7H6I2N4O. The second kappa shape index (κ2) is 4.13. The highest BCUT2D eigenvalue weighted by atomic mass is 127. The summed E-state index contributed by atoms with van der Waals surface area (Å²) in [5.41, 5.74) is 0. The third-order valence-corrected chi connectivity index (χ3v) is 4.56. The zero-order valence-corrected chi connectivity index (χ0v) is 11.6. The first-order valence-corrected chi connectivity index (χ1v) is 5.98. The quantitative estimate of drug-likeness (QED) is 0.702. The number of nitrogens with zero attached hydrogens (tertiary/aromatic N) is 4. The van der Waals surface area contributed by atoms with Crippen molar-refractivity contribution in [1.82, 2.24) is 19.7 Å². The average molecular weight is 416 g/mol. The number of halogens is 2. The maximum absolute atomic E-state index is 5.02. The van der Waals surface area contributed by atoms with E-state index >= 15 is 0 Å². The van der Waals surface area contributed by atoms with Crippen LogP contribution in [0.25, 0.3) is 0 Å². The van der Waals surface area contributed by atoms with E-state index in [0.29, 0.717) is 18.3 Å². The van der Waals surface area contributed by atoms with Gasteiger partial charge in [0.25, 0.3) is 0 Å². The minimum atomic E-state index is 0.578. The first kappa shape index (κ1) is 10.3. The van der Waals surface area contributed by atoms with Crippen LogP contribution in [-0.4, -0.2) is 19.7 Å². The highest BCUT2D eigenvalue weighted by Crippen LogP contribution is 2.14. The van der Waals surface area contributed by atoms with Crippen molar-refractivity contribution in [1.29, 1.82) is 0 Å². The van der Waals surface area contributed by atoms with E-state index in [1.54, 1.807) is 13.3 Å². The molecule has 2 aromatic rings. The van der Waals surface area contributed by atoms with Gasteiger partial charge in [-0.25, -0.2) is 4.98 Å². The highest BCUT2D eigenvalue weighted by molar-refractivity contribution is 14.1. The predicted octanol–water partition coefficient (Wildman–Crippen LogP) is 1.83. The summed E-state index contributed by atoms with van der Waals surface area (Å²) in [7, 11) is 0. The zero-order chi connectivity index (χ0) is 10.1. The lowest BCUT2D eigenvalue weighted by molar-refractivity contribution is 0.367. The summed E-state index contributed by atoms with van der Waals surface area (Å²) >= 11 is 4.42. The molecule has 0 saturated heterocycles. The lowest BCUT2D eigenvalue weighted by atomic mass is 10.6. The van der Waals surface area contributed by atoms with Crippen LogP contribution >= 0.6 is 45.2 Å². The third-order valence-electron chi connectivity index (χ3n) is 1.61. The summed E-state index contributed by atoms with van der Waals surface area (Å²) in [5, 5.41) is 3.73. The molecule has 0 saturated carbocycles. The zero-order valence-electron chi connectivity index (χ0n) is 7.24. The molecule has 0 aromatic carbocycles. The van der Waals surface area contributed by atoms with E-state index in [2.05, 4.69) is 60.3 Å². The van der Waals surface area contributed by atoms with Gasteiger partial charge < -0.3 is 9.09 Å². The van der Waals surface area contributed by atoms with Crippen LogP contribution in [0.15, 0.2) is 10.9 Å². The van der Waals surface area contributed by atoms with Gasteiger partial charge in [-0.1, -0.05) is 5.16 Å². The Balaban J connectivity index is 2.22. The number of imidazole rings is 1. The second-order valence-corrected chi connectivity index (χ2v) is 4.73. The number of aryl methyl sites for hydroxylation is 1. The van der Waals surface area contributed by atoms with Crippen LogP contribution in [-0.2, 0) is 6.54 Å². The summed E-state index contributed by atoms with van der Waals surface area (Å²) < 4.78 is 9.05. The number of hydrogen-bond acceptors (Lipinski definition) is 4. The minimum Gasteiger partial charge on any atom is -0.337 e. The van der Waals surface area contributed by atoms with Gasteiger partial charge in [0.1, 0.15) is 13.9 Å². The molecule has 2 aromatic heterocycles. The van der Waals surface area contributed by atoms with Gasteiger partial charge in [-0.3, -0.25) is 0 Å². The van der Waals surface area contributed by atoms with E-state index in [9.17, 15) is 0 Å². The Morgan fingerprint density at radius 1 is 1.50 bits per heavy atom. The maximum Gasteiger partial charge on any atom is 0.246 e. The molecule has 7 heteroatoms. The topological polar surface area (TPSA) is 56.7 Å². The molecule has 0 atom stereocenters. The lowest BCUT2D eigenvalue weighted by Crippen LogP contribution is -2.00. The summed E-state index contributed by atoms with van der Waals surface area (Å²) in [6, 6.07) is 0. The summed E-state index contributed by atoms with van der Waals surface area (Å²) in [4.78, 5) is 8.30. The average Bonchev–Trinajstić information content (AvgIpc) is 2.67. The van der Waals surface area contributed by atoms with Crippen LogP contribution in [0.1, 0.15) is 11.7 Å². The Kier molecular flexibility index (Phi) is 3.04. The van der Waals surface area contributed by atoms with Crippen molar-refractivity contribution in [3.63, 3.8) is 0 Å².